The van der Waals surface area contributed by atoms with E-state index >= 15 is 0 Å². The molecule has 0 aromatic carbocycles. The zero-order valence-corrected chi connectivity index (χ0v) is 13.4. The number of hydrogen-bond donors (Lipinski definition) is 1. The zero-order chi connectivity index (χ0) is 14.6. The minimum Gasteiger partial charge on any atom is -0.370 e. The number of rotatable bonds is 11. The normalized spacial score (nSPS) is 10.6. The van der Waals surface area contributed by atoms with Gasteiger partial charge in [0.05, 0.1) is 0 Å². The van der Waals surface area contributed by atoms with Crippen LogP contribution in [0.15, 0.2) is 12.3 Å². The van der Waals surface area contributed by atoms with Crippen LogP contribution in [0.25, 0.3) is 0 Å². The molecule has 0 saturated heterocycles. The van der Waals surface area contributed by atoms with Crippen molar-refractivity contribution in [3.8, 4) is 0 Å². The maximum Gasteiger partial charge on any atom is 0.226 e. The number of nitrogens with one attached hydrogen (secondary N) is 1. The second-order valence-corrected chi connectivity index (χ2v) is 5.54. The molecule has 0 radical (unpaired) electrons. The summed E-state index contributed by atoms with van der Waals surface area (Å²) in [5.74, 6) is 1.68. The maximum atomic E-state index is 4.44. The fourth-order valence-corrected chi connectivity index (χ4v) is 2.14. The van der Waals surface area contributed by atoms with Crippen LogP contribution >= 0.6 is 0 Å². The van der Waals surface area contributed by atoms with E-state index in [1.165, 1.54) is 51.4 Å². The zero-order valence-electron chi connectivity index (χ0n) is 13.4. The monoisotopic (exact) mass is 278 g/mol. The topological polar surface area (TPSA) is 41.1 Å². The number of nitrogens with zero attached hydrogens (tertiary/aromatic N) is 3. The molecule has 0 unspecified atom stereocenters. The van der Waals surface area contributed by atoms with Gasteiger partial charge in [-0.3, -0.25) is 0 Å². The lowest BCUT2D eigenvalue weighted by molar-refractivity contribution is 0.581. The first-order chi connectivity index (χ1) is 9.74. The molecule has 0 aliphatic carbocycles. The highest BCUT2D eigenvalue weighted by atomic mass is 15.2. The van der Waals surface area contributed by atoms with Gasteiger partial charge in [0.15, 0.2) is 0 Å². The highest BCUT2D eigenvalue weighted by Crippen LogP contribution is 2.10. The van der Waals surface area contributed by atoms with Gasteiger partial charge in [0, 0.05) is 26.8 Å². The molecule has 1 rings (SSSR count). The van der Waals surface area contributed by atoms with E-state index in [2.05, 4.69) is 22.2 Å². The summed E-state index contributed by atoms with van der Waals surface area (Å²) in [7, 11) is 3.91. The molecule has 114 valence electrons. The summed E-state index contributed by atoms with van der Waals surface area (Å²) in [6.45, 7) is 3.26. The lowest BCUT2D eigenvalue weighted by Gasteiger charge is -2.11. The Labute approximate surface area is 124 Å². The minimum atomic E-state index is 0.755. The highest BCUT2D eigenvalue weighted by Gasteiger charge is 2.00. The average molecular weight is 278 g/mol. The second-order valence-electron chi connectivity index (χ2n) is 5.54. The van der Waals surface area contributed by atoms with E-state index in [1.54, 1.807) is 6.20 Å². The molecule has 1 aromatic rings. The summed E-state index contributed by atoms with van der Waals surface area (Å²) in [5.41, 5.74) is 0. The van der Waals surface area contributed by atoms with E-state index < -0.39 is 0 Å². The van der Waals surface area contributed by atoms with Gasteiger partial charge in [-0.05, 0) is 12.5 Å². The molecular formula is C16H30N4. The van der Waals surface area contributed by atoms with Gasteiger partial charge in [0.2, 0.25) is 5.95 Å². The van der Waals surface area contributed by atoms with Crippen molar-refractivity contribution in [1.82, 2.24) is 9.97 Å². The summed E-state index contributed by atoms with van der Waals surface area (Å²) in [4.78, 5) is 10.6. The molecule has 0 spiro atoms. The molecule has 0 atom stereocenters. The van der Waals surface area contributed by atoms with Gasteiger partial charge in [-0.2, -0.15) is 4.98 Å². The number of hydrogen-bond acceptors (Lipinski definition) is 4. The Hall–Kier alpha value is -1.32. The molecule has 1 heterocycles. The third-order valence-electron chi connectivity index (χ3n) is 3.38. The standard InChI is InChI=1S/C16H30N4/c1-4-5-6-7-8-9-10-11-13-17-15-12-14-18-16(19-15)20(2)3/h12,14H,4-11,13H2,1-3H3,(H,17,18,19). The Morgan fingerprint density at radius 2 is 1.65 bits per heavy atom. The Morgan fingerprint density at radius 3 is 2.30 bits per heavy atom. The predicted molar refractivity (Wildman–Crippen MR) is 87.5 cm³/mol. The van der Waals surface area contributed by atoms with Gasteiger partial charge in [0.1, 0.15) is 5.82 Å². The molecule has 0 fully saturated rings. The molecule has 4 nitrogen and oxygen atoms in total. The van der Waals surface area contributed by atoms with Crippen LogP contribution in [-0.4, -0.2) is 30.6 Å². The van der Waals surface area contributed by atoms with Gasteiger partial charge in [-0.15, -0.1) is 0 Å². The van der Waals surface area contributed by atoms with Crippen molar-refractivity contribution in [1.29, 1.82) is 0 Å². The van der Waals surface area contributed by atoms with Crippen LogP contribution in [-0.2, 0) is 0 Å². The Kier molecular flexibility index (Phi) is 8.76. The van der Waals surface area contributed by atoms with Crippen molar-refractivity contribution in [3.05, 3.63) is 12.3 Å². The molecule has 1 aromatic heterocycles. The average Bonchev–Trinajstić information content (AvgIpc) is 2.46. The number of aromatic nitrogens is 2. The lowest BCUT2D eigenvalue weighted by Crippen LogP contribution is -2.14. The van der Waals surface area contributed by atoms with E-state index in [9.17, 15) is 0 Å². The van der Waals surface area contributed by atoms with Crippen molar-refractivity contribution in [3.63, 3.8) is 0 Å². The van der Waals surface area contributed by atoms with Crippen molar-refractivity contribution < 1.29 is 0 Å². The summed E-state index contributed by atoms with van der Waals surface area (Å²) in [6.07, 6.45) is 12.6. The first-order valence-corrected chi connectivity index (χ1v) is 7.98. The van der Waals surface area contributed by atoms with E-state index in [0.717, 1.165) is 18.3 Å². The Balaban J connectivity index is 2.05. The van der Waals surface area contributed by atoms with Gasteiger partial charge >= 0.3 is 0 Å². The van der Waals surface area contributed by atoms with E-state index in [0.29, 0.717) is 0 Å². The van der Waals surface area contributed by atoms with E-state index in [1.807, 2.05) is 25.1 Å². The van der Waals surface area contributed by atoms with Gasteiger partial charge in [-0.25, -0.2) is 4.98 Å². The fraction of sp³-hybridized carbons (Fsp3) is 0.750. The fourth-order valence-electron chi connectivity index (χ4n) is 2.14. The summed E-state index contributed by atoms with van der Waals surface area (Å²) in [5, 5.41) is 3.37. The van der Waals surface area contributed by atoms with Gasteiger partial charge in [0.25, 0.3) is 0 Å². The molecule has 0 bridgehead atoms. The van der Waals surface area contributed by atoms with Crippen LogP contribution in [0.5, 0.6) is 0 Å². The highest BCUT2D eigenvalue weighted by molar-refractivity contribution is 5.40. The van der Waals surface area contributed by atoms with Gasteiger partial charge in [-0.1, -0.05) is 51.9 Å². The molecule has 0 aliphatic heterocycles. The van der Waals surface area contributed by atoms with Crippen molar-refractivity contribution >= 4 is 11.8 Å². The number of anilines is 2. The summed E-state index contributed by atoms with van der Waals surface area (Å²) in [6, 6.07) is 1.93. The minimum absolute atomic E-state index is 0.755. The quantitative estimate of drug-likeness (QED) is 0.619. The van der Waals surface area contributed by atoms with E-state index in [-0.39, 0.29) is 0 Å². The molecule has 20 heavy (non-hydrogen) atoms. The van der Waals surface area contributed by atoms with Crippen molar-refractivity contribution in [2.75, 3.05) is 30.9 Å². The summed E-state index contributed by atoms with van der Waals surface area (Å²) >= 11 is 0. The number of unbranched alkanes of at least 4 members (excludes halogenated alkanes) is 7. The first-order valence-electron chi connectivity index (χ1n) is 7.98. The van der Waals surface area contributed by atoms with Crippen LogP contribution < -0.4 is 10.2 Å². The van der Waals surface area contributed by atoms with Crippen LogP contribution in [0.2, 0.25) is 0 Å². The third-order valence-corrected chi connectivity index (χ3v) is 3.38. The van der Waals surface area contributed by atoms with Crippen LogP contribution in [0, 0.1) is 0 Å². The third kappa shape index (κ3) is 7.31. The summed E-state index contributed by atoms with van der Waals surface area (Å²) < 4.78 is 0. The molecule has 0 saturated carbocycles. The second kappa shape index (κ2) is 10.5. The van der Waals surface area contributed by atoms with Crippen molar-refractivity contribution in [2.45, 2.75) is 58.3 Å². The molecule has 4 heteroatoms. The molecule has 0 aliphatic rings. The SMILES string of the molecule is CCCCCCCCCCNc1ccnc(N(C)C)n1. The molecule has 1 N–H and O–H groups in total. The van der Waals surface area contributed by atoms with Crippen molar-refractivity contribution in [2.24, 2.45) is 0 Å². The Bertz CT molecular complexity index is 352. The predicted octanol–water partition coefficient (Wildman–Crippen LogP) is 4.10. The van der Waals surface area contributed by atoms with Crippen LogP contribution in [0.3, 0.4) is 0 Å². The lowest BCUT2D eigenvalue weighted by atomic mass is 10.1. The van der Waals surface area contributed by atoms with E-state index in [4.69, 9.17) is 0 Å². The van der Waals surface area contributed by atoms with Crippen LogP contribution in [0.4, 0.5) is 11.8 Å². The first kappa shape index (κ1) is 16.7. The molecular weight excluding hydrogens is 248 g/mol. The largest absolute Gasteiger partial charge is 0.370 e. The maximum absolute atomic E-state index is 4.44. The van der Waals surface area contributed by atoms with Crippen LogP contribution in [0.1, 0.15) is 58.3 Å². The Morgan fingerprint density at radius 1 is 1.00 bits per heavy atom. The molecule has 0 amide bonds. The smallest absolute Gasteiger partial charge is 0.226 e. The van der Waals surface area contributed by atoms with Gasteiger partial charge < -0.3 is 10.2 Å².